The van der Waals surface area contributed by atoms with Gasteiger partial charge in [-0.3, -0.25) is 0 Å². The largest absolute Gasteiger partial charge is 0.198 e. The molecule has 0 N–H and O–H groups in total. The number of aryl methyl sites for hydroxylation is 2. The molecular weight excluding hydrogens is 190 g/mol. The lowest BCUT2D eigenvalue weighted by Gasteiger charge is -1.96. The molecule has 0 fully saturated rings. The third-order valence-corrected chi connectivity index (χ3v) is 3.71. The van der Waals surface area contributed by atoms with E-state index in [2.05, 4.69) is 32.0 Å². The van der Waals surface area contributed by atoms with Crippen molar-refractivity contribution in [2.75, 3.05) is 0 Å². The van der Waals surface area contributed by atoms with Crippen molar-refractivity contribution in [3.05, 3.63) is 34.2 Å². The van der Waals surface area contributed by atoms with E-state index in [1.165, 1.54) is 20.5 Å². The summed E-state index contributed by atoms with van der Waals surface area (Å²) >= 11 is 1.82. The average molecular weight is 201 g/mol. The van der Waals surface area contributed by atoms with Gasteiger partial charge in [0.25, 0.3) is 0 Å². The molecule has 1 nitrogen and oxygen atoms in total. The van der Waals surface area contributed by atoms with E-state index in [4.69, 9.17) is 5.26 Å². The molecule has 2 rings (SSSR count). The maximum atomic E-state index is 8.62. The molecule has 0 unspecified atom stereocenters. The third-order valence-electron chi connectivity index (χ3n) is 2.52. The van der Waals surface area contributed by atoms with E-state index in [0.29, 0.717) is 6.42 Å². The summed E-state index contributed by atoms with van der Waals surface area (Å²) in [6.45, 7) is 4.29. The van der Waals surface area contributed by atoms with Crippen molar-refractivity contribution < 1.29 is 0 Å². The normalized spacial score (nSPS) is 10.4. The van der Waals surface area contributed by atoms with Crippen LogP contribution in [0.5, 0.6) is 0 Å². The van der Waals surface area contributed by atoms with Gasteiger partial charge in [-0.1, -0.05) is 6.07 Å². The molecule has 1 aromatic carbocycles. The molecule has 0 aliphatic heterocycles. The third kappa shape index (κ3) is 1.40. The molecule has 2 aromatic rings. The highest BCUT2D eigenvalue weighted by atomic mass is 32.1. The first-order valence-corrected chi connectivity index (χ1v) is 5.39. The van der Waals surface area contributed by atoms with Crippen LogP contribution in [0.1, 0.15) is 16.0 Å². The predicted molar refractivity (Wildman–Crippen MR) is 60.6 cm³/mol. The van der Waals surface area contributed by atoms with Crippen molar-refractivity contribution >= 4 is 21.4 Å². The zero-order valence-electron chi connectivity index (χ0n) is 8.29. The Balaban J connectivity index is 2.65. The molecule has 0 aliphatic carbocycles. The van der Waals surface area contributed by atoms with Crippen molar-refractivity contribution in [2.45, 2.75) is 20.3 Å². The van der Waals surface area contributed by atoms with Gasteiger partial charge in [0, 0.05) is 9.58 Å². The van der Waals surface area contributed by atoms with Crippen LogP contribution in [0.2, 0.25) is 0 Å². The minimum Gasteiger partial charge on any atom is -0.198 e. The van der Waals surface area contributed by atoms with Gasteiger partial charge in [-0.15, -0.1) is 11.3 Å². The minimum absolute atomic E-state index is 0.504. The Morgan fingerprint density at radius 2 is 2.14 bits per heavy atom. The highest BCUT2D eigenvalue weighted by molar-refractivity contribution is 7.19. The van der Waals surface area contributed by atoms with E-state index < -0.39 is 0 Å². The number of nitriles is 1. The molecule has 14 heavy (non-hydrogen) atoms. The van der Waals surface area contributed by atoms with Gasteiger partial charge in [-0.2, -0.15) is 5.26 Å². The highest BCUT2D eigenvalue weighted by Crippen LogP contribution is 2.30. The molecule has 0 saturated carbocycles. The lowest BCUT2D eigenvalue weighted by atomic mass is 10.1. The first-order chi connectivity index (χ1) is 6.72. The van der Waals surface area contributed by atoms with E-state index in [1.54, 1.807) is 0 Å². The van der Waals surface area contributed by atoms with Crippen LogP contribution in [0.3, 0.4) is 0 Å². The number of hydrogen-bond donors (Lipinski definition) is 0. The maximum Gasteiger partial charge on any atom is 0.0669 e. The molecule has 0 aliphatic rings. The molecular formula is C12H11NS. The van der Waals surface area contributed by atoms with Crippen molar-refractivity contribution in [2.24, 2.45) is 0 Å². The fourth-order valence-electron chi connectivity index (χ4n) is 1.59. The first-order valence-electron chi connectivity index (χ1n) is 4.58. The van der Waals surface area contributed by atoms with E-state index in [1.807, 2.05) is 17.4 Å². The lowest BCUT2D eigenvalue weighted by Crippen LogP contribution is -1.80. The van der Waals surface area contributed by atoms with Gasteiger partial charge in [0.2, 0.25) is 0 Å². The van der Waals surface area contributed by atoms with Gasteiger partial charge in [0.15, 0.2) is 0 Å². The van der Waals surface area contributed by atoms with Crippen molar-refractivity contribution in [3.8, 4) is 6.07 Å². The molecule has 0 amide bonds. The van der Waals surface area contributed by atoms with Crippen LogP contribution in [0, 0.1) is 25.2 Å². The SMILES string of the molecule is Cc1sc2ccc(CC#N)cc2c1C. The molecule has 0 bridgehead atoms. The molecule has 1 heterocycles. The Kier molecular flexibility index (Phi) is 2.26. The fraction of sp³-hybridized carbons (Fsp3) is 0.250. The Bertz CT molecular complexity index is 517. The number of nitrogens with zero attached hydrogens (tertiary/aromatic N) is 1. The van der Waals surface area contributed by atoms with Crippen LogP contribution >= 0.6 is 11.3 Å². The average Bonchev–Trinajstić information content (AvgIpc) is 2.45. The highest BCUT2D eigenvalue weighted by Gasteiger charge is 2.04. The van der Waals surface area contributed by atoms with Gasteiger partial charge < -0.3 is 0 Å². The van der Waals surface area contributed by atoms with Gasteiger partial charge in [-0.05, 0) is 42.5 Å². The maximum absolute atomic E-state index is 8.62. The summed E-state index contributed by atoms with van der Waals surface area (Å²) in [5, 5.41) is 9.92. The summed E-state index contributed by atoms with van der Waals surface area (Å²) in [5.41, 5.74) is 2.46. The van der Waals surface area contributed by atoms with Crippen molar-refractivity contribution in [3.63, 3.8) is 0 Å². The van der Waals surface area contributed by atoms with Crippen LogP contribution in [-0.4, -0.2) is 0 Å². The van der Waals surface area contributed by atoms with E-state index in [-0.39, 0.29) is 0 Å². The molecule has 70 valence electrons. The smallest absolute Gasteiger partial charge is 0.0669 e. The molecule has 0 atom stereocenters. The second-order valence-corrected chi connectivity index (χ2v) is 4.70. The summed E-state index contributed by atoms with van der Waals surface area (Å²) in [6.07, 6.45) is 0.504. The van der Waals surface area contributed by atoms with Crippen LogP contribution in [0.15, 0.2) is 18.2 Å². The standard InChI is InChI=1S/C12H11NS/c1-8-9(2)14-12-4-3-10(5-6-13)7-11(8)12/h3-4,7H,5H2,1-2H3. The first kappa shape index (κ1) is 9.23. The summed E-state index contributed by atoms with van der Waals surface area (Å²) in [5.74, 6) is 0. The van der Waals surface area contributed by atoms with Gasteiger partial charge in [-0.25, -0.2) is 0 Å². The summed E-state index contributed by atoms with van der Waals surface area (Å²) in [7, 11) is 0. The van der Waals surface area contributed by atoms with Gasteiger partial charge in [0.05, 0.1) is 12.5 Å². The number of hydrogen-bond acceptors (Lipinski definition) is 2. The van der Waals surface area contributed by atoms with Crippen LogP contribution < -0.4 is 0 Å². The van der Waals surface area contributed by atoms with E-state index >= 15 is 0 Å². The molecule has 2 heteroatoms. The molecule has 0 saturated heterocycles. The summed E-state index contributed by atoms with van der Waals surface area (Å²) in [4.78, 5) is 1.37. The predicted octanol–water partition coefficient (Wildman–Crippen LogP) is 3.58. The quantitative estimate of drug-likeness (QED) is 0.691. The Labute approximate surface area is 87.6 Å². The van der Waals surface area contributed by atoms with Crippen molar-refractivity contribution in [1.82, 2.24) is 0 Å². The number of benzene rings is 1. The monoisotopic (exact) mass is 201 g/mol. The van der Waals surface area contributed by atoms with Crippen LogP contribution in [0.4, 0.5) is 0 Å². The fourth-order valence-corrected chi connectivity index (χ4v) is 2.64. The second-order valence-electron chi connectivity index (χ2n) is 3.45. The summed E-state index contributed by atoms with van der Waals surface area (Å²) in [6, 6.07) is 8.47. The second kappa shape index (κ2) is 3.43. The molecule has 1 aromatic heterocycles. The zero-order chi connectivity index (χ0) is 10.1. The van der Waals surface area contributed by atoms with Crippen LogP contribution in [0.25, 0.3) is 10.1 Å². The Hall–Kier alpha value is -1.33. The van der Waals surface area contributed by atoms with E-state index in [9.17, 15) is 0 Å². The van der Waals surface area contributed by atoms with Crippen molar-refractivity contribution in [1.29, 1.82) is 5.26 Å². The van der Waals surface area contributed by atoms with Gasteiger partial charge in [0.1, 0.15) is 0 Å². The van der Waals surface area contributed by atoms with Crippen LogP contribution in [-0.2, 0) is 6.42 Å². The number of fused-ring (bicyclic) bond motifs is 1. The topological polar surface area (TPSA) is 23.8 Å². The Morgan fingerprint density at radius 3 is 2.86 bits per heavy atom. The molecule has 0 radical (unpaired) electrons. The van der Waals surface area contributed by atoms with Gasteiger partial charge >= 0.3 is 0 Å². The minimum atomic E-state index is 0.504. The lowest BCUT2D eigenvalue weighted by molar-refractivity contribution is 1.27. The summed E-state index contributed by atoms with van der Waals surface area (Å²) < 4.78 is 1.32. The zero-order valence-corrected chi connectivity index (χ0v) is 9.11. The Morgan fingerprint density at radius 1 is 1.36 bits per heavy atom. The number of rotatable bonds is 1. The van der Waals surface area contributed by atoms with E-state index in [0.717, 1.165) is 5.56 Å². The molecule has 0 spiro atoms. The number of thiophene rings is 1.